The van der Waals surface area contributed by atoms with E-state index in [-0.39, 0.29) is 11.8 Å². The van der Waals surface area contributed by atoms with Crippen LogP contribution in [0.5, 0.6) is 0 Å². The predicted octanol–water partition coefficient (Wildman–Crippen LogP) is 1.67. The van der Waals surface area contributed by atoms with Gasteiger partial charge in [0, 0.05) is 32.0 Å². The molecule has 0 bridgehead atoms. The van der Waals surface area contributed by atoms with E-state index in [4.69, 9.17) is 4.42 Å². The van der Waals surface area contributed by atoms with Crippen molar-refractivity contribution in [1.82, 2.24) is 10.6 Å². The third-order valence-electron chi connectivity index (χ3n) is 3.32. The van der Waals surface area contributed by atoms with Gasteiger partial charge in [0.15, 0.2) is 0 Å². The van der Waals surface area contributed by atoms with Crippen molar-refractivity contribution in [2.24, 2.45) is 5.92 Å². The Balaban J connectivity index is 1.73. The molecule has 1 heterocycles. The van der Waals surface area contributed by atoms with Crippen LogP contribution in [0.2, 0.25) is 0 Å². The Morgan fingerprint density at radius 1 is 1.35 bits per heavy atom. The van der Waals surface area contributed by atoms with Crippen molar-refractivity contribution >= 4 is 17.9 Å². The summed E-state index contributed by atoms with van der Waals surface area (Å²) in [6.45, 7) is 4.48. The monoisotopic (exact) mass is 276 g/mol. The molecule has 1 aromatic heterocycles. The van der Waals surface area contributed by atoms with Crippen molar-refractivity contribution in [1.29, 1.82) is 0 Å². The van der Waals surface area contributed by atoms with E-state index in [1.54, 1.807) is 6.08 Å². The van der Waals surface area contributed by atoms with Gasteiger partial charge in [-0.15, -0.1) is 0 Å². The zero-order chi connectivity index (χ0) is 14.5. The molecule has 5 nitrogen and oxygen atoms in total. The number of carbonyl (C=O) groups excluding carboxylic acids is 2. The van der Waals surface area contributed by atoms with Gasteiger partial charge in [0.25, 0.3) is 0 Å². The molecule has 20 heavy (non-hydrogen) atoms. The van der Waals surface area contributed by atoms with Crippen molar-refractivity contribution in [2.75, 3.05) is 13.1 Å². The van der Waals surface area contributed by atoms with E-state index in [1.807, 2.05) is 12.1 Å². The first kappa shape index (κ1) is 14.4. The second kappa shape index (κ2) is 6.41. The molecule has 1 fully saturated rings. The molecule has 108 valence electrons. The summed E-state index contributed by atoms with van der Waals surface area (Å²) in [5.41, 5.74) is 0. The highest BCUT2D eigenvalue weighted by Crippen LogP contribution is 2.47. The van der Waals surface area contributed by atoms with Crippen LogP contribution in [0.15, 0.2) is 22.6 Å². The lowest BCUT2D eigenvalue weighted by molar-refractivity contribution is -0.119. The lowest BCUT2D eigenvalue weighted by Gasteiger charge is -2.02. The zero-order valence-corrected chi connectivity index (χ0v) is 11.8. The van der Waals surface area contributed by atoms with Gasteiger partial charge in [-0.2, -0.15) is 0 Å². The van der Waals surface area contributed by atoms with Crippen LogP contribution in [-0.2, 0) is 9.59 Å². The molecule has 0 saturated heterocycles. The van der Waals surface area contributed by atoms with Gasteiger partial charge in [-0.05, 0) is 30.5 Å². The summed E-state index contributed by atoms with van der Waals surface area (Å²) in [6.07, 6.45) is 4.28. The molecule has 0 radical (unpaired) electrons. The molecule has 2 N–H and O–H groups in total. The highest BCUT2D eigenvalue weighted by Gasteiger charge is 2.36. The van der Waals surface area contributed by atoms with Gasteiger partial charge in [-0.1, -0.05) is 6.92 Å². The Bertz CT molecular complexity index is 519. The maximum Gasteiger partial charge on any atom is 0.244 e. The maximum atomic E-state index is 11.5. The number of amides is 2. The minimum atomic E-state index is -0.201. The fourth-order valence-corrected chi connectivity index (χ4v) is 2.02. The summed E-state index contributed by atoms with van der Waals surface area (Å²) in [7, 11) is 0. The highest BCUT2D eigenvalue weighted by molar-refractivity contribution is 5.91. The summed E-state index contributed by atoms with van der Waals surface area (Å²) < 4.78 is 5.66. The van der Waals surface area contributed by atoms with Gasteiger partial charge in [0.2, 0.25) is 11.8 Å². The SMILES string of the molecule is CC(=O)NCCNC(=O)/C=C/c1ccc(C2CC2C)o1. The molecule has 2 unspecified atom stereocenters. The molecule has 0 aliphatic heterocycles. The third kappa shape index (κ3) is 4.26. The third-order valence-corrected chi connectivity index (χ3v) is 3.32. The molecule has 2 atom stereocenters. The van der Waals surface area contributed by atoms with Gasteiger partial charge in [0.1, 0.15) is 11.5 Å². The van der Waals surface area contributed by atoms with Crippen LogP contribution in [0.25, 0.3) is 6.08 Å². The number of furan rings is 1. The van der Waals surface area contributed by atoms with Gasteiger partial charge >= 0.3 is 0 Å². The van der Waals surface area contributed by atoms with Crippen LogP contribution in [0.3, 0.4) is 0 Å². The molecule has 1 aliphatic carbocycles. The van der Waals surface area contributed by atoms with E-state index in [2.05, 4.69) is 17.6 Å². The van der Waals surface area contributed by atoms with Crippen molar-refractivity contribution in [2.45, 2.75) is 26.2 Å². The van der Waals surface area contributed by atoms with Crippen LogP contribution in [0.4, 0.5) is 0 Å². The normalized spacial score (nSPS) is 20.9. The molecular weight excluding hydrogens is 256 g/mol. The maximum absolute atomic E-state index is 11.5. The fraction of sp³-hybridized carbons (Fsp3) is 0.467. The Kier molecular flexibility index (Phi) is 4.61. The van der Waals surface area contributed by atoms with Crippen molar-refractivity contribution in [3.8, 4) is 0 Å². The number of hydrogen-bond acceptors (Lipinski definition) is 3. The Hall–Kier alpha value is -2.04. The smallest absolute Gasteiger partial charge is 0.244 e. The van der Waals surface area contributed by atoms with Crippen molar-refractivity contribution < 1.29 is 14.0 Å². The summed E-state index contributed by atoms with van der Waals surface area (Å²) in [5, 5.41) is 5.28. The second-order valence-electron chi connectivity index (χ2n) is 5.17. The zero-order valence-electron chi connectivity index (χ0n) is 11.8. The number of nitrogens with one attached hydrogen (secondary N) is 2. The average Bonchev–Trinajstić information content (AvgIpc) is 2.95. The minimum Gasteiger partial charge on any atom is -0.461 e. The molecule has 2 amide bonds. The van der Waals surface area contributed by atoms with Crippen molar-refractivity contribution in [3.05, 3.63) is 29.7 Å². The Morgan fingerprint density at radius 3 is 2.70 bits per heavy atom. The minimum absolute atomic E-state index is 0.104. The van der Waals surface area contributed by atoms with E-state index >= 15 is 0 Å². The number of carbonyl (C=O) groups is 2. The number of rotatable bonds is 6. The molecule has 1 aromatic rings. The molecule has 1 aliphatic rings. The molecule has 0 spiro atoms. The highest BCUT2D eigenvalue weighted by atomic mass is 16.3. The molecule has 2 rings (SSSR count). The first-order valence-corrected chi connectivity index (χ1v) is 6.86. The molecule has 0 aromatic carbocycles. The quantitative estimate of drug-likeness (QED) is 0.613. The van der Waals surface area contributed by atoms with Gasteiger partial charge in [-0.25, -0.2) is 0 Å². The van der Waals surface area contributed by atoms with E-state index in [1.165, 1.54) is 19.4 Å². The van der Waals surface area contributed by atoms with Crippen LogP contribution in [0.1, 0.15) is 37.7 Å². The van der Waals surface area contributed by atoms with E-state index in [0.717, 1.165) is 5.76 Å². The first-order chi connectivity index (χ1) is 9.56. The Morgan fingerprint density at radius 2 is 2.05 bits per heavy atom. The largest absolute Gasteiger partial charge is 0.461 e. The molecular formula is C15H20N2O3. The Labute approximate surface area is 118 Å². The van der Waals surface area contributed by atoms with Crippen LogP contribution < -0.4 is 10.6 Å². The van der Waals surface area contributed by atoms with E-state index in [0.29, 0.717) is 30.7 Å². The second-order valence-corrected chi connectivity index (χ2v) is 5.17. The molecule has 1 saturated carbocycles. The summed E-state index contributed by atoms with van der Waals surface area (Å²) in [4.78, 5) is 22.1. The van der Waals surface area contributed by atoms with Gasteiger partial charge < -0.3 is 15.1 Å². The summed E-state index contributed by atoms with van der Waals surface area (Å²) >= 11 is 0. The van der Waals surface area contributed by atoms with E-state index in [9.17, 15) is 9.59 Å². The van der Waals surface area contributed by atoms with Crippen LogP contribution >= 0.6 is 0 Å². The van der Waals surface area contributed by atoms with Gasteiger partial charge in [-0.3, -0.25) is 9.59 Å². The van der Waals surface area contributed by atoms with Gasteiger partial charge in [0.05, 0.1) is 0 Å². The summed E-state index contributed by atoms with van der Waals surface area (Å²) in [5.74, 6) is 2.64. The predicted molar refractivity (Wildman–Crippen MR) is 76.0 cm³/mol. The average molecular weight is 276 g/mol. The standard InChI is InChI=1S/C15H20N2O3/c1-10-9-13(10)14-5-3-12(20-14)4-6-15(19)17-8-7-16-11(2)18/h3-6,10,13H,7-9H2,1-2H3,(H,16,18)(H,17,19)/b6-4+. The first-order valence-electron chi connectivity index (χ1n) is 6.86. The van der Waals surface area contributed by atoms with E-state index < -0.39 is 0 Å². The fourth-order valence-electron chi connectivity index (χ4n) is 2.02. The summed E-state index contributed by atoms with van der Waals surface area (Å²) in [6, 6.07) is 3.85. The van der Waals surface area contributed by atoms with Crippen LogP contribution in [-0.4, -0.2) is 24.9 Å². The van der Waals surface area contributed by atoms with Crippen LogP contribution in [0, 0.1) is 5.92 Å². The topological polar surface area (TPSA) is 71.3 Å². The molecule has 5 heteroatoms. The number of hydrogen-bond donors (Lipinski definition) is 2. The lowest BCUT2D eigenvalue weighted by atomic mass is 10.3. The lowest BCUT2D eigenvalue weighted by Crippen LogP contribution is -2.32. The van der Waals surface area contributed by atoms with Crippen molar-refractivity contribution in [3.63, 3.8) is 0 Å².